The Morgan fingerprint density at radius 2 is 2.17 bits per heavy atom. The molecule has 23 heavy (non-hydrogen) atoms. The third-order valence-corrected chi connectivity index (χ3v) is 4.02. The standard InChI is InChI=1S/C18H30N4O/c1-7-9-22(12-13(3)8-2)17-18(23)21-16(11-20-17)14(4)10-15(5)19-6/h11,13H,4,7-10,12H2,1-3,5-6H3,(H,21,23). The first-order chi connectivity index (χ1) is 10.9. The summed E-state index contributed by atoms with van der Waals surface area (Å²) in [6.45, 7) is 14.1. The van der Waals surface area contributed by atoms with Crippen molar-refractivity contribution in [3.8, 4) is 0 Å². The van der Waals surface area contributed by atoms with Crippen LogP contribution in [0.25, 0.3) is 5.57 Å². The van der Waals surface area contributed by atoms with Gasteiger partial charge in [0.05, 0.1) is 11.9 Å². The second-order valence-corrected chi connectivity index (χ2v) is 6.15. The van der Waals surface area contributed by atoms with Crippen molar-refractivity contribution in [2.75, 3.05) is 25.0 Å². The minimum absolute atomic E-state index is 0.147. The number of hydrogen-bond donors (Lipinski definition) is 1. The van der Waals surface area contributed by atoms with Crippen LogP contribution >= 0.6 is 0 Å². The highest BCUT2D eigenvalue weighted by molar-refractivity contribution is 5.91. The SMILES string of the molecule is C=C(CC(C)=NC)c1cnc(N(CCC)CC(C)CC)c(=O)[nH]1. The van der Waals surface area contributed by atoms with Gasteiger partial charge >= 0.3 is 0 Å². The predicted molar refractivity (Wildman–Crippen MR) is 99.5 cm³/mol. The maximum Gasteiger partial charge on any atom is 0.291 e. The molecule has 0 saturated heterocycles. The highest BCUT2D eigenvalue weighted by Crippen LogP contribution is 2.15. The number of nitrogens with one attached hydrogen (secondary N) is 1. The topological polar surface area (TPSA) is 61.4 Å². The molecule has 5 heteroatoms. The average Bonchev–Trinajstić information content (AvgIpc) is 2.53. The zero-order valence-corrected chi connectivity index (χ0v) is 15.1. The third-order valence-electron chi connectivity index (χ3n) is 4.02. The molecule has 0 aliphatic carbocycles. The zero-order valence-electron chi connectivity index (χ0n) is 15.1. The fourth-order valence-electron chi connectivity index (χ4n) is 2.34. The molecular weight excluding hydrogens is 288 g/mol. The van der Waals surface area contributed by atoms with Crippen molar-refractivity contribution in [3.63, 3.8) is 0 Å². The van der Waals surface area contributed by atoms with Crippen molar-refractivity contribution in [2.45, 2.75) is 47.0 Å². The number of nitrogens with zero attached hydrogens (tertiary/aromatic N) is 3. The summed E-state index contributed by atoms with van der Waals surface area (Å²) in [5, 5.41) is 0. The second-order valence-electron chi connectivity index (χ2n) is 6.15. The van der Waals surface area contributed by atoms with E-state index in [4.69, 9.17) is 0 Å². The summed E-state index contributed by atoms with van der Waals surface area (Å²) in [6.07, 6.45) is 4.42. The molecule has 5 nitrogen and oxygen atoms in total. The van der Waals surface area contributed by atoms with Crippen LogP contribution < -0.4 is 10.5 Å². The van der Waals surface area contributed by atoms with Gasteiger partial charge in [0.1, 0.15) is 0 Å². The lowest BCUT2D eigenvalue weighted by atomic mass is 10.1. The van der Waals surface area contributed by atoms with E-state index in [1.807, 2.05) is 6.92 Å². The quantitative estimate of drug-likeness (QED) is 0.709. The molecule has 1 aromatic rings. The maximum absolute atomic E-state index is 12.5. The van der Waals surface area contributed by atoms with Gasteiger partial charge in [-0.05, 0) is 24.8 Å². The highest BCUT2D eigenvalue weighted by Gasteiger charge is 2.15. The number of aliphatic imine (C=N–C) groups is 1. The summed E-state index contributed by atoms with van der Waals surface area (Å²) in [7, 11) is 1.75. The van der Waals surface area contributed by atoms with Gasteiger partial charge in [0.2, 0.25) is 0 Å². The summed E-state index contributed by atoms with van der Waals surface area (Å²) in [5.74, 6) is 1.03. The van der Waals surface area contributed by atoms with Crippen LogP contribution in [0.15, 0.2) is 22.6 Å². The minimum Gasteiger partial charge on any atom is -0.352 e. The fraction of sp³-hybridized carbons (Fsp3) is 0.611. The van der Waals surface area contributed by atoms with Gasteiger partial charge in [0.15, 0.2) is 5.82 Å². The predicted octanol–water partition coefficient (Wildman–Crippen LogP) is 3.53. The van der Waals surface area contributed by atoms with Gasteiger partial charge in [-0.1, -0.05) is 33.8 Å². The molecule has 128 valence electrons. The summed E-state index contributed by atoms with van der Waals surface area (Å²) in [6, 6.07) is 0. The Labute approximate surface area is 139 Å². The lowest BCUT2D eigenvalue weighted by Crippen LogP contribution is -2.34. The third kappa shape index (κ3) is 5.66. The van der Waals surface area contributed by atoms with Gasteiger partial charge in [-0.3, -0.25) is 9.79 Å². The van der Waals surface area contributed by atoms with E-state index in [9.17, 15) is 4.79 Å². The van der Waals surface area contributed by atoms with Crippen molar-refractivity contribution >= 4 is 17.1 Å². The normalized spacial score (nSPS) is 13.0. The Hall–Kier alpha value is -1.91. The average molecular weight is 318 g/mol. The first-order valence-electron chi connectivity index (χ1n) is 8.37. The molecule has 1 rings (SSSR count). The highest BCUT2D eigenvalue weighted by atomic mass is 16.1. The number of anilines is 1. The molecule has 0 aliphatic rings. The van der Waals surface area contributed by atoms with E-state index in [1.54, 1.807) is 13.2 Å². The molecule has 1 unspecified atom stereocenters. The molecule has 0 spiro atoms. The number of rotatable bonds is 9. The van der Waals surface area contributed by atoms with Crippen LogP contribution in [0.1, 0.15) is 52.7 Å². The van der Waals surface area contributed by atoms with E-state index in [0.717, 1.165) is 37.2 Å². The molecule has 0 saturated carbocycles. The number of hydrogen-bond acceptors (Lipinski definition) is 4. The molecule has 0 aliphatic heterocycles. The van der Waals surface area contributed by atoms with Gasteiger partial charge < -0.3 is 9.88 Å². The van der Waals surface area contributed by atoms with Gasteiger partial charge in [-0.25, -0.2) is 4.98 Å². The summed E-state index contributed by atoms with van der Waals surface area (Å²) in [5.41, 5.74) is 2.34. The van der Waals surface area contributed by atoms with Gasteiger partial charge in [-0.15, -0.1) is 0 Å². The molecular formula is C18H30N4O. The Bertz CT molecular complexity index is 603. The van der Waals surface area contributed by atoms with Crippen LogP contribution in [-0.4, -0.2) is 35.8 Å². The van der Waals surface area contributed by atoms with E-state index < -0.39 is 0 Å². The van der Waals surface area contributed by atoms with Crippen LogP contribution in [0.2, 0.25) is 0 Å². The summed E-state index contributed by atoms with van der Waals surface area (Å²) >= 11 is 0. The van der Waals surface area contributed by atoms with Gasteiger partial charge in [0, 0.05) is 32.3 Å². The number of aromatic amines is 1. The Morgan fingerprint density at radius 1 is 1.48 bits per heavy atom. The smallest absolute Gasteiger partial charge is 0.291 e. The van der Waals surface area contributed by atoms with Crippen molar-refractivity contribution in [2.24, 2.45) is 10.9 Å². The maximum atomic E-state index is 12.5. The van der Waals surface area contributed by atoms with Crippen LogP contribution in [0.5, 0.6) is 0 Å². The van der Waals surface area contributed by atoms with E-state index in [1.165, 1.54) is 0 Å². The van der Waals surface area contributed by atoms with Gasteiger partial charge in [0.25, 0.3) is 5.56 Å². The number of aromatic nitrogens is 2. The van der Waals surface area contributed by atoms with Crippen LogP contribution in [0, 0.1) is 5.92 Å². The Balaban J connectivity index is 3.01. The lowest BCUT2D eigenvalue weighted by molar-refractivity contribution is 0.537. The molecule has 0 bridgehead atoms. The van der Waals surface area contributed by atoms with Crippen LogP contribution in [0.4, 0.5) is 5.82 Å². The molecule has 1 heterocycles. The second kappa shape index (κ2) is 9.28. The Morgan fingerprint density at radius 3 is 2.70 bits per heavy atom. The molecule has 0 amide bonds. The molecule has 1 aromatic heterocycles. The summed E-state index contributed by atoms with van der Waals surface area (Å²) < 4.78 is 0. The number of allylic oxidation sites excluding steroid dienone is 1. The van der Waals surface area contributed by atoms with Crippen molar-refractivity contribution in [1.29, 1.82) is 0 Å². The van der Waals surface area contributed by atoms with Gasteiger partial charge in [-0.2, -0.15) is 0 Å². The zero-order chi connectivity index (χ0) is 17.4. The number of H-pyrrole nitrogens is 1. The molecule has 0 fully saturated rings. The van der Waals surface area contributed by atoms with Crippen molar-refractivity contribution in [3.05, 3.63) is 28.8 Å². The first-order valence-corrected chi connectivity index (χ1v) is 8.37. The van der Waals surface area contributed by atoms with E-state index in [0.29, 0.717) is 23.9 Å². The fourth-order valence-corrected chi connectivity index (χ4v) is 2.34. The van der Waals surface area contributed by atoms with E-state index in [2.05, 4.69) is 47.2 Å². The van der Waals surface area contributed by atoms with Crippen molar-refractivity contribution < 1.29 is 0 Å². The van der Waals surface area contributed by atoms with Crippen molar-refractivity contribution in [1.82, 2.24) is 9.97 Å². The Kier molecular flexibility index (Phi) is 7.72. The van der Waals surface area contributed by atoms with E-state index >= 15 is 0 Å². The van der Waals surface area contributed by atoms with Crippen LogP contribution in [0.3, 0.4) is 0 Å². The van der Waals surface area contributed by atoms with E-state index in [-0.39, 0.29) is 5.56 Å². The summed E-state index contributed by atoms with van der Waals surface area (Å²) in [4.78, 5) is 26.0. The first kappa shape index (κ1) is 19.1. The molecule has 0 radical (unpaired) electrons. The monoisotopic (exact) mass is 318 g/mol. The molecule has 1 atom stereocenters. The van der Waals surface area contributed by atoms with Crippen LogP contribution in [-0.2, 0) is 0 Å². The largest absolute Gasteiger partial charge is 0.352 e. The molecule has 0 aromatic carbocycles. The lowest BCUT2D eigenvalue weighted by Gasteiger charge is -2.25. The minimum atomic E-state index is -0.147. The molecule has 1 N–H and O–H groups in total.